The number of carbonyl (C=O) groups is 2. The van der Waals surface area contributed by atoms with E-state index in [0.29, 0.717) is 29.4 Å². The fourth-order valence-corrected chi connectivity index (χ4v) is 3.91. The molecule has 0 saturated heterocycles. The third-order valence-electron chi connectivity index (χ3n) is 5.60. The van der Waals surface area contributed by atoms with E-state index < -0.39 is 17.2 Å². The number of hydrogen-bond donors (Lipinski definition) is 1. The van der Waals surface area contributed by atoms with Gasteiger partial charge in [0.15, 0.2) is 5.76 Å². The Labute approximate surface area is 206 Å². The smallest absolute Gasteiger partial charge is 0.410 e. The zero-order valence-electron chi connectivity index (χ0n) is 21.6. The normalized spacial score (nSPS) is 15.5. The minimum atomic E-state index is -0.791. The van der Waals surface area contributed by atoms with Crippen molar-refractivity contribution in [2.24, 2.45) is 4.99 Å². The highest BCUT2D eigenvalue weighted by Gasteiger charge is 2.33. The largest absolute Gasteiger partial charge is 0.489 e. The Bertz CT molecular complexity index is 1200. The van der Waals surface area contributed by atoms with E-state index >= 15 is 0 Å². The summed E-state index contributed by atoms with van der Waals surface area (Å²) in [6.07, 6.45) is 4.93. The predicted molar refractivity (Wildman–Crippen MR) is 135 cm³/mol. The highest BCUT2D eigenvalue weighted by atomic mass is 16.6. The summed E-state index contributed by atoms with van der Waals surface area (Å²) in [7, 11) is 0. The number of amides is 2. The van der Waals surface area contributed by atoms with Crippen LogP contribution in [0.15, 0.2) is 52.6 Å². The lowest BCUT2D eigenvalue weighted by Gasteiger charge is -2.26. The van der Waals surface area contributed by atoms with Crippen molar-refractivity contribution in [2.45, 2.75) is 59.6 Å². The zero-order chi connectivity index (χ0) is 26.0. The van der Waals surface area contributed by atoms with E-state index in [1.165, 1.54) is 4.90 Å². The maximum absolute atomic E-state index is 13.5. The average molecular weight is 482 g/mol. The summed E-state index contributed by atoms with van der Waals surface area (Å²) in [6, 6.07) is 3.97. The maximum Gasteiger partial charge on any atom is 0.410 e. The Kier molecular flexibility index (Phi) is 7.38. The number of nitrogens with zero attached hydrogens (tertiary/aromatic N) is 4. The maximum atomic E-state index is 13.5. The fourth-order valence-electron chi connectivity index (χ4n) is 3.91. The van der Waals surface area contributed by atoms with Crippen molar-refractivity contribution in [3.05, 3.63) is 59.0 Å². The highest BCUT2D eigenvalue weighted by Crippen LogP contribution is 2.26. The first-order chi connectivity index (χ1) is 16.4. The molecule has 0 unspecified atom stereocenters. The van der Waals surface area contributed by atoms with Gasteiger partial charge in [0.05, 0.1) is 35.9 Å². The number of pyridine rings is 1. The lowest BCUT2D eigenvalue weighted by molar-refractivity contribution is -0.119. The van der Waals surface area contributed by atoms with Crippen molar-refractivity contribution in [1.29, 1.82) is 0 Å². The SMILES string of the molecule is C=NC1=C(/C(=C\C)C(=O)NC(C)(C)c2ncc3c(C)cccn23)OCCN(C(=O)OC(C)(C)C)C1. The van der Waals surface area contributed by atoms with Gasteiger partial charge < -0.3 is 19.2 Å². The fraction of sp³-hybridized carbons (Fsp3) is 0.462. The molecule has 3 rings (SSSR count). The lowest BCUT2D eigenvalue weighted by atomic mass is 10.0. The molecule has 3 heterocycles. The van der Waals surface area contributed by atoms with Gasteiger partial charge in [0.2, 0.25) is 0 Å². The number of imidazole rings is 1. The first-order valence-corrected chi connectivity index (χ1v) is 11.6. The topological polar surface area (TPSA) is 97.5 Å². The summed E-state index contributed by atoms with van der Waals surface area (Å²) in [5, 5.41) is 3.08. The van der Waals surface area contributed by atoms with Crippen LogP contribution in [-0.4, -0.2) is 58.3 Å². The van der Waals surface area contributed by atoms with Crippen molar-refractivity contribution in [3.63, 3.8) is 0 Å². The first-order valence-electron chi connectivity index (χ1n) is 11.6. The molecular weight excluding hydrogens is 446 g/mol. The van der Waals surface area contributed by atoms with E-state index in [-0.39, 0.29) is 19.1 Å². The molecule has 0 radical (unpaired) electrons. The number of hydrogen-bond acceptors (Lipinski definition) is 6. The molecule has 0 spiro atoms. The molecule has 2 amide bonds. The van der Waals surface area contributed by atoms with Gasteiger partial charge in [-0.1, -0.05) is 12.1 Å². The molecule has 9 nitrogen and oxygen atoms in total. The van der Waals surface area contributed by atoms with Crippen LogP contribution >= 0.6 is 0 Å². The van der Waals surface area contributed by atoms with E-state index in [4.69, 9.17) is 9.47 Å². The van der Waals surface area contributed by atoms with E-state index in [9.17, 15) is 9.59 Å². The summed E-state index contributed by atoms with van der Waals surface area (Å²) >= 11 is 0. The standard InChI is InChI=1S/C26H35N5O4/c1-9-18(21-19(27-8)16-30(13-14-34-21)24(33)35-25(3,4)5)22(32)29-26(6,7)23-28-15-20-17(2)11-10-12-31(20)23/h9-12,15H,8,13-14,16H2,1-7H3,(H,29,32)/b18-9+. The highest BCUT2D eigenvalue weighted by molar-refractivity contribution is 5.98. The van der Waals surface area contributed by atoms with E-state index in [0.717, 1.165) is 11.1 Å². The average Bonchev–Trinajstić information content (AvgIpc) is 3.10. The number of aliphatic imine (C=N–C) groups is 1. The molecule has 0 aliphatic carbocycles. The van der Waals surface area contributed by atoms with Crippen LogP contribution in [0.2, 0.25) is 0 Å². The van der Waals surface area contributed by atoms with Gasteiger partial charge in [-0.05, 0) is 66.8 Å². The Hall–Kier alpha value is -3.62. The number of aromatic nitrogens is 2. The predicted octanol–water partition coefficient (Wildman–Crippen LogP) is 4.12. The Morgan fingerprint density at radius 2 is 2.00 bits per heavy atom. The molecule has 1 N–H and O–H groups in total. The molecule has 0 atom stereocenters. The molecule has 9 heteroatoms. The summed E-state index contributed by atoms with van der Waals surface area (Å²) < 4.78 is 13.4. The van der Waals surface area contributed by atoms with Crippen LogP contribution in [0.3, 0.4) is 0 Å². The van der Waals surface area contributed by atoms with Gasteiger partial charge in [-0.25, -0.2) is 9.78 Å². The Balaban J connectivity index is 1.87. The molecule has 35 heavy (non-hydrogen) atoms. The van der Waals surface area contributed by atoms with Crippen LogP contribution in [0.5, 0.6) is 0 Å². The van der Waals surface area contributed by atoms with E-state index in [2.05, 4.69) is 22.0 Å². The van der Waals surface area contributed by atoms with Gasteiger partial charge in [-0.3, -0.25) is 14.7 Å². The van der Waals surface area contributed by atoms with Crippen LogP contribution < -0.4 is 5.32 Å². The summed E-state index contributed by atoms with van der Waals surface area (Å²) in [5.74, 6) is 0.656. The molecule has 1 aliphatic heterocycles. The minimum absolute atomic E-state index is 0.117. The van der Waals surface area contributed by atoms with Gasteiger partial charge in [0.25, 0.3) is 5.91 Å². The number of rotatable bonds is 5. The van der Waals surface area contributed by atoms with E-state index in [1.54, 1.807) is 19.2 Å². The van der Waals surface area contributed by atoms with E-state index in [1.807, 2.05) is 64.3 Å². The Morgan fingerprint density at radius 1 is 1.29 bits per heavy atom. The van der Waals surface area contributed by atoms with Crippen LogP contribution in [0.1, 0.15) is 52.9 Å². The van der Waals surface area contributed by atoms with Crippen molar-refractivity contribution in [1.82, 2.24) is 19.6 Å². The van der Waals surface area contributed by atoms with Crippen LogP contribution in [0.4, 0.5) is 4.79 Å². The van der Waals surface area contributed by atoms with Crippen molar-refractivity contribution >= 4 is 24.2 Å². The van der Waals surface area contributed by atoms with Gasteiger partial charge in [0, 0.05) is 6.20 Å². The molecule has 0 saturated carbocycles. The second kappa shape index (κ2) is 9.93. The van der Waals surface area contributed by atoms with Crippen molar-refractivity contribution in [3.8, 4) is 0 Å². The first kappa shape index (κ1) is 26.0. The molecule has 188 valence electrons. The Morgan fingerprint density at radius 3 is 2.63 bits per heavy atom. The summed E-state index contributed by atoms with van der Waals surface area (Å²) in [6.45, 7) is 17.2. The number of ether oxygens (including phenoxy) is 2. The number of carbonyl (C=O) groups excluding carboxylic acids is 2. The van der Waals surface area contributed by atoms with Gasteiger partial charge >= 0.3 is 6.09 Å². The van der Waals surface area contributed by atoms with Crippen LogP contribution in [0, 0.1) is 6.92 Å². The van der Waals surface area contributed by atoms with Gasteiger partial charge in [0.1, 0.15) is 23.7 Å². The lowest BCUT2D eigenvalue weighted by Crippen LogP contribution is -2.43. The number of nitrogens with one attached hydrogen (secondary N) is 1. The molecule has 0 bridgehead atoms. The van der Waals surface area contributed by atoms with Crippen molar-refractivity contribution < 1.29 is 19.1 Å². The molecule has 2 aromatic rings. The van der Waals surface area contributed by atoms with Gasteiger partial charge in [-0.15, -0.1) is 0 Å². The zero-order valence-corrected chi connectivity index (χ0v) is 21.6. The third kappa shape index (κ3) is 5.72. The molecule has 1 aliphatic rings. The number of allylic oxidation sites excluding steroid dienone is 1. The molecular formula is C26H35N5O4. The number of aryl methyl sites for hydroxylation is 1. The third-order valence-corrected chi connectivity index (χ3v) is 5.60. The minimum Gasteiger partial charge on any atom is -0.489 e. The molecule has 2 aromatic heterocycles. The second-order valence-electron chi connectivity index (χ2n) is 9.99. The molecule has 0 fully saturated rings. The van der Waals surface area contributed by atoms with Crippen LogP contribution in [-0.2, 0) is 19.8 Å². The van der Waals surface area contributed by atoms with Crippen molar-refractivity contribution in [2.75, 3.05) is 19.7 Å². The monoisotopic (exact) mass is 481 g/mol. The summed E-state index contributed by atoms with van der Waals surface area (Å²) in [5.41, 5.74) is 1.34. The number of fused-ring (bicyclic) bond motifs is 1. The van der Waals surface area contributed by atoms with Crippen LogP contribution in [0.25, 0.3) is 5.52 Å². The second-order valence-corrected chi connectivity index (χ2v) is 9.99. The summed E-state index contributed by atoms with van der Waals surface area (Å²) in [4.78, 5) is 36.2. The quantitative estimate of drug-likeness (QED) is 0.512. The van der Waals surface area contributed by atoms with Gasteiger partial charge in [-0.2, -0.15) is 0 Å². The molecule has 0 aromatic carbocycles.